The van der Waals surface area contributed by atoms with E-state index in [1.807, 2.05) is 6.07 Å². The predicted molar refractivity (Wildman–Crippen MR) is 111 cm³/mol. The lowest BCUT2D eigenvalue weighted by Crippen LogP contribution is -2.33. The van der Waals surface area contributed by atoms with E-state index in [0.29, 0.717) is 46.7 Å². The zero-order valence-electron chi connectivity index (χ0n) is 15.6. The second-order valence-electron chi connectivity index (χ2n) is 7.15. The van der Waals surface area contributed by atoms with Crippen LogP contribution in [0.3, 0.4) is 0 Å². The molecule has 0 aromatic heterocycles. The van der Waals surface area contributed by atoms with E-state index in [1.54, 1.807) is 24.3 Å². The van der Waals surface area contributed by atoms with Crippen molar-refractivity contribution in [2.24, 2.45) is 0 Å². The minimum absolute atomic E-state index is 0.296. The van der Waals surface area contributed by atoms with Crippen molar-refractivity contribution in [2.75, 3.05) is 13.1 Å². The van der Waals surface area contributed by atoms with Crippen LogP contribution < -0.4 is 0 Å². The average Bonchev–Trinajstić information content (AvgIpc) is 3.16. The minimum atomic E-state index is -0.877. The highest BCUT2D eigenvalue weighted by atomic mass is 35.5. The maximum atomic E-state index is 12.1. The second-order valence-corrected chi connectivity index (χ2v) is 7.97. The summed E-state index contributed by atoms with van der Waals surface area (Å²) >= 11 is 12.4. The molecule has 2 aromatic rings. The molecule has 1 heterocycles. The summed E-state index contributed by atoms with van der Waals surface area (Å²) < 4.78 is 12.1. The lowest BCUT2D eigenvalue weighted by molar-refractivity contribution is -0.178. The molecule has 6 heteroatoms. The van der Waals surface area contributed by atoms with Crippen LogP contribution in [0.1, 0.15) is 41.1 Å². The Hall–Kier alpha value is -2.32. The Labute approximate surface area is 179 Å². The van der Waals surface area contributed by atoms with E-state index in [0.717, 1.165) is 18.4 Å². The molecule has 29 heavy (non-hydrogen) atoms. The van der Waals surface area contributed by atoms with Crippen LogP contribution in [0.5, 0.6) is 0 Å². The van der Waals surface area contributed by atoms with Crippen LogP contribution in [-0.4, -0.2) is 24.0 Å². The van der Waals surface area contributed by atoms with Gasteiger partial charge in [-0.3, -0.25) is 4.90 Å². The van der Waals surface area contributed by atoms with Gasteiger partial charge in [-0.2, -0.15) is 0 Å². The highest BCUT2D eigenvalue weighted by molar-refractivity contribution is 6.36. The normalized spacial score (nSPS) is 18.4. The zero-order chi connectivity index (χ0) is 20.4. The van der Waals surface area contributed by atoms with Gasteiger partial charge < -0.3 is 0 Å². The summed E-state index contributed by atoms with van der Waals surface area (Å²) in [6.07, 6.45) is 4.24. The molecular formula is C23H18Cl2FNO2. The molecule has 0 bridgehead atoms. The number of hydrogen-bond acceptors (Lipinski definition) is 3. The van der Waals surface area contributed by atoms with Gasteiger partial charge in [0, 0.05) is 34.8 Å². The number of halogens is 3. The monoisotopic (exact) mass is 429 g/mol. The van der Waals surface area contributed by atoms with E-state index in [9.17, 15) is 9.32 Å². The number of carbonyl (C=O) groups excluding carboxylic acids is 1. The maximum Gasteiger partial charge on any atom is 0.375 e. The number of hydrogen-bond donors (Lipinski definition) is 0. The fourth-order valence-corrected chi connectivity index (χ4v) is 4.50. The first kappa shape index (κ1) is 20.0. The molecule has 148 valence electrons. The van der Waals surface area contributed by atoms with Gasteiger partial charge in [-0.05, 0) is 54.7 Å². The maximum absolute atomic E-state index is 12.1. The summed E-state index contributed by atoms with van der Waals surface area (Å²) in [7, 11) is 0. The van der Waals surface area contributed by atoms with E-state index >= 15 is 0 Å². The molecule has 2 aliphatic rings. The largest absolute Gasteiger partial charge is 0.375 e. The second kappa shape index (κ2) is 8.59. The molecule has 4 rings (SSSR count). The Balaban J connectivity index is 1.51. The fraction of sp³-hybridized carbons (Fsp3) is 0.261. The van der Waals surface area contributed by atoms with Gasteiger partial charge in [-0.15, -0.1) is 0 Å². The summed E-state index contributed by atoms with van der Waals surface area (Å²) in [5.74, 6) is 5.36. The Kier molecular flexibility index (Phi) is 5.91. The van der Waals surface area contributed by atoms with E-state index in [4.69, 9.17) is 23.2 Å². The smallest absolute Gasteiger partial charge is 0.292 e. The third-order valence-corrected chi connectivity index (χ3v) is 6.13. The SMILES string of the molecule is O=C(OF)C1=CCN(C2CCc3cc(C#Cc4c(Cl)cccc4Cl)ccc32)CC1. The molecule has 0 spiro atoms. The molecular weight excluding hydrogens is 412 g/mol. The third kappa shape index (κ3) is 4.18. The van der Waals surface area contributed by atoms with Gasteiger partial charge in [0.15, 0.2) is 0 Å². The van der Waals surface area contributed by atoms with Crippen LogP contribution in [-0.2, 0) is 16.2 Å². The quantitative estimate of drug-likeness (QED) is 0.595. The van der Waals surface area contributed by atoms with Crippen molar-refractivity contribution < 1.29 is 14.3 Å². The Morgan fingerprint density at radius 3 is 2.62 bits per heavy atom. The summed E-state index contributed by atoms with van der Waals surface area (Å²) in [6, 6.07) is 11.9. The van der Waals surface area contributed by atoms with Gasteiger partial charge in [-0.1, -0.05) is 53.3 Å². The van der Waals surface area contributed by atoms with Crippen LogP contribution in [0.15, 0.2) is 48.0 Å². The summed E-state index contributed by atoms with van der Waals surface area (Å²) in [4.78, 5) is 17.0. The standard InChI is InChI=1S/C23H18Cl2FNO2/c24-20-2-1-3-21(25)19(20)8-5-15-4-7-18-17(14-15)6-9-22(18)27-12-10-16(11-13-27)23(28)29-26/h1-4,7,10,14,22H,6,9,11-13H2. The number of carbonyl (C=O) groups is 1. The Bertz CT molecular complexity index is 1030. The summed E-state index contributed by atoms with van der Waals surface area (Å²) in [5.41, 5.74) is 4.54. The number of aryl methyl sites for hydroxylation is 1. The van der Waals surface area contributed by atoms with E-state index in [-0.39, 0.29) is 0 Å². The first-order chi connectivity index (χ1) is 14.1. The predicted octanol–water partition coefficient (Wildman–Crippen LogP) is 5.44. The zero-order valence-corrected chi connectivity index (χ0v) is 17.1. The van der Waals surface area contributed by atoms with Crippen molar-refractivity contribution in [1.29, 1.82) is 0 Å². The first-order valence-corrected chi connectivity index (χ1v) is 10.2. The topological polar surface area (TPSA) is 29.5 Å². The van der Waals surface area contributed by atoms with Crippen molar-refractivity contribution in [3.8, 4) is 11.8 Å². The molecule has 1 aliphatic carbocycles. The number of benzene rings is 2. The van der Waals surface area contributed by atoms with Crippen molar-refractivity contribution in [2.45, 2.75) is 25.3 Å². The van der Waals surface area contributed by atoms with Crippen molar-refractivity contribution in [1.82, 2.24) is 4.90 Å². The molecule has 0 N–H and O–H groups in total. The van der Waals surface area contributed by atoms with Gasteiger partial charge in [-0.25, -0.2) is 9.74 Å². The van der Waals surface area contributed by atoms with E-state index < -0.39 is 5.97 Å². The lowest BCUT2D eigenvalue weighted by Gasteiger charge is -2.31. The van der Waals surface area contributed by atoms with Crippen LogP contribution in [0.2, 0.25) is 10.0 Å². The number of nitrogens with zero attached hydrogens (tertiary/aromatic N) is 1. The summed E-state index contributed by atoms with van der Waals surface area (Å²) in [6.45, 7) is 1.32. The van der Waals surface area contributed by atoms with Crippen molar-refractivity contribution in [3.05, 3.63) is 80.3 Å². The molecule has 0 amide bonds. The van der Waals surface area contributed by atoms with Crippen molar-refractivity contribution in [3.63, 3.8) is 0 Å². The molecule has 0 saturated carbocycles. The van der Waals surface area contributed by atoms with Crippen LogP contribution in [0, 0.1) is 11.8 Å². The lowest BCUT2D eigenvalue weighted by atomic mass is 10.0. The number of rotatable bonds is 2. The Morgan fingerprint density at radius 2 is 1.93 bits per heavy atom. The molecule has 1 aliphatic heterocycles. The molecule has 1 atom stereocenters. The molecule has 2 aromatic carbocycles. The number of fused-ring (bicyclic) bond motifs is 1. The molecule has 3 nitrogen and oxygen atoms in total. The molecule has 0 fully saturated rings. The molecule has 0 radical (unpaired) electrons. The fourth-order valence-electron chi connectivity index (χ4n) is 4.01. The van der Waals surface area contributed by atoms with E-state index in [2.05, 4.69) is 33.8 Å². The van der Waals surface area contributed by atoms with Crippen LogP contribution >= 0.6 is 23.2 Å². The highest BCUT2D eigenvalue weighted by Gasteiger charge is 2.30. The Morgan fingerprint density at radius 1 is 1.14 bits per heavy atom. The highest BCUT2D eigenvalue weighted by Crippen LogP contribution is 2.37. The van der Waals surface area contributed by atoms with Gasteiger partial charge >= 0.3 is 5.97 Å². The first-order valence-electron chi connectivity index (χ1n) is 9.41. The van der Waals surface area contributed by atoms with Gasteiger partial charge in [0.1, 0.15) is 0 Å². The molecule has 1 unspecified atom stereocenters. The van der Waals surface area contributed by atoms with E-state index in [1.165, 1.54) is 11.1 Å². The van der Waals surface area contributed by atoms with Gasteiger partial charge in [0.25, 0.3) is 0 Å². The average molecular weight is 430 g/mol. The summed E-state index contributed by atoms with van der Waals surface area (Å²) in [5, 5.41) is 1.08. The third-order valence-electron chi connectivity index (χ3n) is 5.50. The van der Waals surface area contributed by atoms with Gasteiger partial charge in [0.05, 0.1) is 15.6 Å². The molecule has 0 saturated heterocycles. The van der Waals surface area contributed by atoms with Crippen LogP contribution in [0.4, 0.5) is 4.53 Å². The van der Waals surface area contributed by atoms with Crippen LogP contribution in [0.25, 0.3) is 0 Å². The minimum Gasteiger partial charge on any atom is -0.292 e. The van der Waals surface area contributed by atoms with Gasteiger partial charge in [0.2, 0.25) is 0 Å². The van der Waals surface area contributed by atoms with Crippen molar-refractivity contribution >= 4 is 29.2 Å².